The quantitative estimate of drug-likeness (QED) is 0.724. The number of piperazine rings is 1. The Morgan fingerprint density at radius 3 is 2.71 bits per heavy atom. The van der Waals surface area contributed by atoms with E-state index in [1.807, 2.05) is 0 Å². The first-order chi connectivity index (χ1) is 11.4. The fourth-order valence-corrected chi connectivity index (χ4v) is 3.71. The number of hydrogen-bond acceptors (Lipinski definition) is 6. The topological polar surface area (TPSA) is 96.8 Å². The second-order valence-electron chi connectivity index (χ2n) is 6.05. The van der Waals surface area contributed by atoms with Crippen LogP contribution in [-0.2, 0) is 16.6 Å². The number of sulfonamides is 1. The van der Waals surface area contributed by atoms with Crippen LogP contribution in [-0.4, -0.2) is 85.4 Å². The number of hydrogen-bond donors (Lipinski definition) is 1. The third kappa shape index (κ3) is 4.05. The summed E-state index contributed by atoms with van der Waals surface area (Å²) in [5, 5.41) is 7.10. The summed E-state index contributed by atoms with van der Waals surface area (Å²) < 4.78 is 31.6. The highest BCUT2D eigenvalue weighted by molar-refractivity contribution is 7.88. The lowest BCUT2D eigenvalue weighted by Gasteiger charge is -2.33. The highest BCUT2D eigenvalue weighted by atomic mass is 32.2. The number of carbonyl (C=O) groups excluding carboxylic acids is 1. The zero-order chi connectivity index (χ0) is 17.2. The Bertz CT molecular complexity index is 671. The number of nitrogens with zero attached hydrogens (tertiary/aromatic N) is 4. The first-order valence-electron chi connectivity index (χ1n) is 8.10. The molecule has 1 fully saturated rings. The van der Waals surface area contributed by atoms with Crippen molar-refractivity contribution in [2.45, 2.75) is 13.0 Å². The fourth-order valence-electron chi connectivity index (χ4n) is 2.88. The van der Waals surface area contributed by atoms with E-state index < -0.39 is 10.0 Å². The summed E-state index contributed by atoms with van der Waals surface area (Å²) in [6.45, 7) is 4.97. The molecule has 0 unspecified atom stereocenters. The van der Waals surface area contributed by atoms with Gasteiger partial charge in [-0.25, -0.2) is 13.1 Å². The van der Waals surface area contributed by atoms with Gasteiger partial charge in [0.25, 0.3) is 5.91 Å². The molecule has 0 spiro atoms. The molecular formula is C14H23N5O4S. The molecule has 0 atom stereocenters. The highest BCUT2D eigenvalue weighted by Crippen LogP contribution is 2.18. The van der Waals surface area contributed by atoms with E-state index in [1.54, 1.807) is 10.7 Å². The summed E-state index contributed by atoms with van der Waals surface area (Å²) in [6, 6.07) is 1.67. The SMILES string of the molecule is CS(=O)(=O)N1CCN(CCNC(=O)c2cc3n(n2)CCCO3)CC1. The highest BCUT2D eigenvalue weighted by Gasteiger charge is 2.23. The zero-order valence-electron chi connectivity index (χ0n) is 13.8. The molecule has 0 radical (unpaired) electrons. The predicted octanol–water partition coefficient (Wildman–Crippen LogP) is -1.03. The van der Waals surface area contributed by atoms with Gasteiger partial charge in [0.15, 0.2) is 5.69 Å². The molecule has 2 aliphatic rings. The molecule has 1 N–H and O–H groups in total. The van der Waals surface area contributed by atoms with E-state index in [2.05, 4.69) is 15.3 Å². The summed E-state index contributed by atoms with van der Waals surface area (Å²) in [5.41, 5.74) is 0.369. The van der Waals surface area contributed by atoms with E-state index >= 15 is 0 Å². The normalized spacial score (nSPS) is 19.5. The standard InChI is InChI=1S/C14H23N5O4S/c1-24(21,22)18-8-6-17(7-9-18)5-3-15-14(20)12-11-13-19(16-12)4-2-10-23-13/h11H,2-10H2,1H3,(H,15,20). The van der Waals surface area contributed by atoms with Crippen LogP contribution in [0, 0.1) is 0 Å². The molecule has 3 heterocycles. The average molecular weight is 357 g/mol. The molecular weight excluding hydrogens is 334 g/mol. The molecule has 1 saturated heterocycles. The monoisotopic (exact) mass is 357 g/mol. The van der Waals surface area contributed by atoms with Gasteiger partial charge in [-0.1, -0.05) is 0 Å². The van der Waals surface area contributed by atoms with Crippen LogP contribution in [0.3, 0.4) is 0 Å². The molecule has 0 saturated carbocycles. The number of ether oxygens (including phenoxy) is 1. The first-order valence-corrected chi connectivity index (χ1v) is 9.94. The van der Waals surface area contributed by atoms with E-state index in [1.165, 1.54) is 10.6 Å². The molecule has 24 heavy (non-hydrogen) atoms. The molecule has 134 valence electrons. The maximum Gasteiger partial charge on any atom is 0.271 e. The number of aryl methyl sites for hydroxylation is 1. The van der Waals surface area contributed by atoms with E-state index in [4.69, 9.17) is 4.74 Å². The third-order valence-corrected chi connectivity index (χ3v) is 5.56. The van der Waals surface area contributed by atoms with Crippen molar-refractivity contribution >= 4 is 15.9 Å². The molecule has 1 amide bonds. The largest absolute Gasteiger partial charge is 0.478 e. The Kier molecular flexibility index (Phi) is 5.07. The number of fused-ring (bicyclic) bond motifs is 1. The number of amides is 1. The molecule has 3 rings (SSSR count). The van der Waals surface area contributed by atoms with Gasteiger partial charge in [0.1, 0.15) is 0 Å². The maximum absolute atomic E-state index is 12.1. The van der Waals surface area contributed by atoms with Crippen molar-refractivity contribution in [3.8, 4) is 5.88 Å². The van der Waals surface area contributed by atoms with Crippen LogP contribution in [0.4, 0.5) is 0 Å². The summed E-state index contributed by atoms with van der Waals surface area (Å²) in [4.78, 5) is 14.3. The van der Waals surface area contributed by atoms with Gasteiger partial charge < -0.3 is 10.1 Å². The minimum Gasteiger partial charge on any atom is -0.478 e. The summed E-state index contributed by atoms with van der Waals surface area (Å²) in [7, 11) is -3.11. The maximum atomic E-state index is 12.1. The Labute approximate surface area is 141 Å². The van der Waals surface area contributed by atoms with Crippen molar-refractivity contribution in [3.05, 3.63) is 11.8 Å². The van der Waals surface area contributed by atoms with Gasteiger partial charge in [-0.3, -0.25) is 9.69 Å². The number of aromatic nitrogens is 2. The van der Waals surface area contributed by atoms with Crippen LogP contribution in [0.1, 0.15) is 16.9 Å². The lowest BCUT2D eigenvalue weighted by atomic mass is 10.3. The lowest BCUT2D eigenvalue weighted by Crippen LogP contribution is -2.49. The number of carbonyl (C=O) groups is 1. The second-order valence-corrected chi connectivity index (χ2v) is 8.03. The summed E-state index contributed by atoms with van der Waals surface area (Å²) in [5.74, 6) is 0.429. The molecule has 0 aliphatic carbocycles. The molecule has 2 aliphatic heterocycles. The van der Waals surface area contributed by atoms with Crippen molar-refractivity contribution in [1.29, 1.82) is 0 Å². The van der Waals surface area contributed by atoms with E-state index in [0.29, 0.717) is 57.4 Å². The van der Waals surface area contributed by atoms with E-state index in [0.717, 1.165) is 13.0 Å². The van der Waals surface area contributed by atoms with Gasteiger partial charge in [0.05, 0.1) is 12.9 Å². The molecule has 1 aromatic rings. The summed E-state index contributed by atoms with van der Waals surface area (Å²) in [6.07, 6.45) is 2.13. The van der Waals surface area contributed by atoms with Crippen LogP contribution in [0.2, 0.25) is 0 Å². The van der Waals surface area contributed by atoms with Gasteiger partial charge in [-0.05, 0) is 0 Å². The van der Waals surface area contributed by atoms with E-state index in [9.17, 15) is 13.2 Å². The van der Waals surface area contributed by atoms with Crippen LogP contribution in [0.15, 0.2) is 6.07 Å². The zero-order valence-corrected chi connectivity index (χ0v) is 14.6. The van der Waals surface area contributed by atoms with Gasteiger partial charge in [-0.2, -0.15) is 9.40 Å². The lowest BCUT2D eigenvalue weighted by molar-refractivity contribution is 0.0939. The van der Waals surface area contributed by atoms with Crippen molar-refractivity contribution in [2.75, 3.05) is 52.1 Å². The Balaban J connectivity index is 1.42. The smallest absolute Gasteiger partial charge is 0.271 e. The van der Waals surface area contributed by atoms with Gasteiger partial charge in [0, 0.05) is 58.3 Å². The van der Waals surface area contributed by atoms with Gasteiger partial charge in [0.2, 0.25) is 15.9 Å². The Hall–Kier alpha value is -1.65. The number of rotatable bonds is 5. The summed E-state index contributed by atoms with van der Waals surface area (Å²) >= 11 is 0. The molecule has 0 bridgehead atoms. The molecule has 1 aromatic heterocycles. The Morgan fingerprint density at radius 2 is 2.04 bits per heavy atom. The fraction of sp³-hybridized carbons (Fsp3) is 0.714. The average Bonchev–Trinajstić information content (AvgIpc) is 2.98. The van der Waals surface area contributed by atoms with Crippen molar-refractivity contribution in [1.82, 2.24) is 24.3 Å². The van der Waals surface area contributed by atoms with Crippen molar-refractivity contribution < 1.29 is 17.9 Å². The minimum absolute atomic E-state index is 0.213. The van der Waals surface area contributed by atoms with Crippen LogP contribution in [0.25, 0.3) is 0 Å². The number of nitrogens with one attached hydrogen (secondary N) is 1. The third-order valence-electron chi connectivity index (χ3n) is 4.25. The van der Waals surface area contributed by atoms with Crippen molar-refractivity contribution in [3.63, 3.8) is 0 Å². The molecule has 0 aromatic carbocycles. The van der Waals surface area contributed by atoms with Crippen LogP contribution >= 0.6 is 0 Å². The Morgan fingerprint density at radius 1 is 1.29 bits per heavy atom. The predicted molar refractivity (Wildman–Crippen MR) is 87.5 cm³/mol. The molecule has 10 heteroatoms. The van der Waals surface area contributed by atoms with Crippen LogP contribution in [0.5, 0.6) is 5.88 Å². The van der Waals surface area contributed by atoms with E-state index in [-0.39, 0.29) is 5.91 Å². The molecule has 9 nitrogen and oxygen atoms in total. The minimum atomic E-state index is -3.11. The second kappa shape index (κ2) is 7.08. The van der Waals surface area contributed by atoms with Gasteiger partial charge >= 0.3 is 0 Å². The first kappa shape index (κ1) is 17.2. The van der Waals surface area contributed by atoms with Crippen LogP contribution < -0.4 is 10.1 Å². The van der Waals surface area contributed by atoms with Crippen molar-refractivity contribution in [2.24, 2.45) is 0 Å². The van der Waals surface area contributed by atoms with Gasteiger partial charge in [-0.15, -0.1) is 0 Å².